The third-order valence-corrected chi connectivity index (χ3v) is 1.00. The maximum absolute atomic E-state index is 12.6. The fourth-order valence-electron chi connectivity index (χ4n) is 0.546. The summed E-state index contributed by atoms with van der Waals surface area (Å²) < 4.78 is 21.3. The van der Waals surface area contributed by atoms with Crippen molar-refractivity contribution in [3.05, 3.63) is 11.9 Å². The molecule has 0 fully saturated rings. The first-order chi connectivity index (χ1) is 6.11. The Bertz CT molecular complexity index is 222. The minimum atomic E-state index is -1.25. The van der Waals surface area contributed by atoms with Gasteiger partial charge >= 0.3 is 11.9 Å². The van der Waals surface area contributed by atoms with Gasteiger partial charge in [-0.25, -0.2) is 9.59 Å². The molecule has 0 radical (unpaired) electrons. The van der Waals surface area contributed by atoms with Crippen molar-refractivity contribution in [3.63, 3.8) is 0 Å². The minimum absolute atomic E-state index is 0.0585. The van der Waals surface area contributed by atoms with Crippen molar-refractivity contribution in [3.8, 4) is 0 Å². The zero-order valence-corrected chi connectivity index (χ0v) is 7.50. The van der Waals surface area contributed by atoms with E-state index in [1.807, 2.05) is 0 Å². The molecule has 0 atom stereocenters. The van der Waals surface area contributed by atoms with Crippen LogP contribution in [0.4, 0.5) is 4.39 Å². The van der Waals surface area contributed by atoms with Gasteiger partial charge in [-0.3, -0.25) is 0 Å². The highest BCUT2D eigenvalue weighted by Crippen LogP contribution is 2.00. The molecule has 0 saturated carbocycles. The van der Waals surface area contributed by atoms with Gasteiger partial charge in [-0.2, -0.15) is 4.39 Å². The van der Waals surface area contributed by atoms with Crippen LogP contribution in [0.1, 0.15) is 13.8 Å². The van der Waals surface area contributed by atoms with Crippen molar-refractivity contribution in [1.82, 2.24) is 0 Å². The first-order valence-corrected chi connectivity index (χ1v) is 3.82. The Morgan fingerprint density at radius 1 is 1.23 bits per heavy atom. The van der Waals surface area contributed by atoms with Crippen LogP contribution in [0.2, 0.25) is 0 Å². The lowest BCUT2D eigenvalue weighted by molar-refractivity contribution is -0.142. The number of esters is 2. The van der Waals surface area contributed by atoms with E-state index in [1.54, 1.807) is 6.92 Å². The van der Waals surface area contributed by atoms with Crippen molar-refractivity contribution >= 4 is 11.9 Å². The number of hydrogen-bond donors (Lipinski definition) is 0. The van der Waals surface area contributed by atoms with E-state index in [4.69, 9.17) is 0 Å². The molecule has 5 heteroatoms. The second kappa shape index (κ2) is 6.16. The van der Waals surface area contributed by atoms with E-state index in [0.29, 0.717) is 6.08 Å². The molecule has 4 nitrogen and oxygen atoms in total. The Morgan fingerprint density at radius 3 is 2.23 bits per heavy atom. The van der Waals surface area contributed by atoms with E-state index in [0.717, 1.165) is 0 Å². The highest BCUT2D eigenvalue weighted by molar-refractivity contribution is 5.94. The fraction of sp³-hybridized carbons (Fsp3) is 0.500. The van der Waals surface area contributed by atoms with Crippen LogP contribution < -0.4 is 0 Å². The smallest absolute Gasteiger partial charge is 0.367 e. The van der Waals surface area contributed by atoms with E-state index in [-0.39, 0.29) is 13.2 Å². The molecule has 0 unspecified atom stereocenters. The predicted octanol–water partition coefficient (Wildman–Crippen LogP) is 0.966. The molecular weight excluding hydrogens is 179 g/mol. The maximum atomic E-state index is 12.6. The van der Waals surface area contributed by atoms with Crippen molar-refractivity contribution in [2.45, 2.75) is 13.8 Å². The van der Waals surface area contributed by atoms with Crippen molar-refractivity contribution < 1.29 is 23.5 Å². The molecule has 0 spiro atoms. The lowest BCUT2D eigenvalue weighted by Gasteiger charge is -1.98. The number of rotatable bonds is 4. The molecule has 0 amide bonds. The van der Waals surface area contributed by atoms with Crippen molar-refractivity contribution in [2.75, 3.05) is 13.2 Å². The Hall–Kier alpha value is -1.39. The van der Waals surface area contributed by atoms with Gasteiger partial charge in [-0.05, 0) is 13.8 Å². The maximum Gasteiger partial charge on any atom is 0.367 e. The van der Waals surface area contributed by atoms with Crippen LogP contribution in [0.3, 0.4) is 0 Å². The Labute approximate surface area is 75.3 Å². The first-order valence-electron chi connectivity index (χ1n) is 3.82. The number of halogens is 1. The van der Waals surface area contributed by atoms with E-state index in [1.165, 1.54) is 6.92 Å². The summed E-state index contributed by atoms with van der Waals surface area (Å²) in [6.07, 6.45) is 0.460. The van der Waals surface area contributed by atoms with Gasteiger partial charge in [-0.15, -0.1) is 0 Å². The van der Waals surface area contributed by atoms with Gasteiger partial charge in [0.05, 0.1) is 19.3 Å². The molecule has 0 aromatic rings. The lowest BCUT2D eigenvalue weighted by atomic mass is 10.4. The summed E-state index contributed by atoms with van der Waals surface area (Å²) in [6.45, 7) is 3.30. The third kappa shape index (κ3) is 4.95. The summed E-state index contributed by atoms with van der Waals surface area (Å²) in [5, 5.41) is 0. The zero-order valence-electron chi connectivity index (χ0n) is 7.50. The quantitative estimate of drug-likeness (QED) is 0.489. The molecule has 74 valence electrons. The van der Waals surface area contributed by atoms with Gasteiger partial charge in [0.15, 0.2) is 0 Å². The van der Waals surface area contributed by atoms with Gasteiger partial charge in [0, 0.05) is 0 Å². The standard InChI is InChI=1S/C8H11FO4/c1-3-12-7(10)5-6(9)8(11)13-4-2/h5H,3-4H2,1-2H3/b6-5-. The molecule has 0 aromatic heterocycles. The van der Waals surface area contributed by atoms with Crippen LogP contribution >= 0.6 is 0 Å². The Morgan fingerprint density at radius 2 is 1.77 bits per heavy atom. The molecule has 0 saturated heterocycles. The molecule has 13 heavy (non-hydrogen) atoms. The summed E-state index contributed by atoms with van der Waals surface area (Å²) in [6, 6.07) is 0. The summed E-state index contributed by atoms with van der Waals surface area (Å²) in [7, 11) is 0. The van der Waals surface area contributed by atoms with Gasteiger partial charge in [0.1, 0.15) is 0 Å². The van der Waals surface area contributed by atoms with Crippen LogP contribution in [0.5, 0.6) is 0 Å². The summed E-state index contributed by atoms with van der Waals surface area (Å²) in [5.74, 6) is -3.30. The molecule has 0 bridgehead atoms. The Kier molecular flexibility index (Phi) is 5.50. The molecule has 0 aliphatic rings. The fourth-order valence-corrected chi connectivity index (χ4v) is 0.546. The minimum Gasteiger partial charge on any atom is -0.463 e. The SMILES string of the molecule is CCOC(=O)/C=C(\F)C(=O)OCC. The van der Waals surface area contributed by atoms with Crippen molar-refractivity contribution in [1.29, 1.82) is 0 Å². The molecule has 0 aliphatic heterocycles. The van der Waals surface area contributed by atoms with E-state index >= 15 is 0 Å². The Balaban J connectivity index is 4.14. The second-order valence-corrected chi connectivity index (χ2v) is 1.96. The third-order valence-electron chi connectivity index (χ3n) is 1.00. The predicted molar refractivity (Wildman–Crippen MR) is 42.5 cm³/mol. The van der Waals surface area contributed by atoms with Gasteiger partial charge in [0.2, 0.25) is 5.83 Å². The number of carbonyl (C=O) groups excluding carboxylic acids is 2. The molecular formula is C8H11FO4. The highest BCUT2D eigenvalue weighted by Gasteiger charge is 2.11. The molecule has 0 rings (SSSR count). The van der Waals surface area contributed by atoms with Crippen LogP contribution in [0.15, 0.2) is 11.9 Å². The largest absolute Gasteiger partial charge is 0.463 e. The molecule has 0 N–H and O–H groups in total. The molecule has 0 heterocycles. The van der Waals surface area contributed by atoms with Gasteiger partial charge < -0.3 is 9.47 Å². The molecule has 0 aliphatic carbocycles. The van der Waals surface area contributed by atoms with Crippen LogP contribution in [0.25, 0.3) is 0 Å². The average Bonchev–Trinajstić information content (AvgIpc) is 2.05. The summed E-state index contributed by atoms with van der Waals surface area (Å²) in [5.41, 5.74) is 0. The topological polar surface area (TPSA) is 52.6 Å². The zero-order chi connectivity index (χ0) is 10.3. The lowest BCUT2D eigenvalue weighted by Crippen LogP contribution is -2.08. The first kappa shape index (κ1) is 11.6. The summed E-state index contributed by atoms with van der Waals surface area (Å²) in [4.78, 5) is 21.2. The van der Waals surface area contributed by atoms with E-state index in [9.17, 15) is 14.0 Å². The molecule has 0 aromatic carbocycles. The monoisotopic (exact) mass is 190 g/mol. The number of hydrogen-bond acceptors (Lipinski definition) is 4. The highest BCUT2D eigenvalue weighted by atomic mass is 19.1. The van der Waals surface area contributed by atoms with Gasteiger partial charge in [0.25, 0.3) is 0 Å². The van der Waals surface area contributed by atoms with Crippen LogP contribution in [-0.4, -0.2) is 25.2 Å². The van der Waals surface area contributed by atoms with Crippen molar-refractivity contribution in [2.24, 2.45) is 0 Å². The number of carbonyl (C=O) groups is 2. The normalized spacial score (nSPS) is 10.8. The van der Waals surface area contributed by atoms with Crippen LogP contribution in [0, 0.1) is 0 Å². The number of ether oxygens (including phenoxy) is 2. The van der Waals surface area contributed by atoms with Crippen LogP contribution in [-0.2, 0) is 19.1 Å². The second-order valence-electron chi connectivity index (χ2n) is 1.96. The average molecular weight is 190 g/mol. The van der Waals surface area contributed by atoms with E-state index < -0.39 is 17.8 Å². The summed E-state index contributed by atoms with van der Waals surface area (Å²) >= 11 is 0. The van der Waals surface area contributed by atoms with E-state index in [2.05, 4.69) is 9.47 Å². The van der Waals surface area contributed by atoms with Gasteiger partial charge in [-0.1, -0.05) is 0 Å².